The first-order valence-electron chi connectivity index (χ1n) is 8.79. The Balaban J connectivity index is 2.74. The highest BCUT2D eigenvalue weighted by Crippen LogP contribution is 2.37. The average Bonchev–Trinajstić information content (AvgIpc) is 2.33. The highest BCUT2D eigenvalue weighted by molar-refractivity contribution is 6.74. The van der Waals surface area contributed by atoms with Crippen molar-refractivity contribution in [1.82, 2.24) is 5.09 Å². The second-order valence-corrected chi connectivity index (χ2v) is 19.2. The second kappa shape index (κ2) is 7.18. The summed E-state index contributed by atoms with van der Waals surface area (Å²) >= 11 is 0. The Hall–Kier alpha value is -0.136. The molecular weight excluding hydrogens is 304 g/mol. The summed E-state index contributed by atoms with van der Waals surface area (Å²) in [5.74, 6) is 1.26. The van der Waals surface area contributed by atoms with Crippen molar-refractivity contribution >= 4 is 22.3 Å². The van der Waals surface area contributed by atoms with Crippen LogP contribution in [0.2, 0.25) is 37.8 Å². The van der Waals surface area contributed by atoms with Crippen molar-refractivity contribution in [3.8, 4) is 0 Å². The van der Waals surface area contributed by atoms with Gasteiger partial charge in [-0.15, -0.1) is 0 Å². The molecule has 0 aromatic heterocycles. The molecule has 1 aliphatic carbocycles. The van der Waals surface area contributed by atoms with E-state index in [4.69, 9.17) is 9.53 Å². The van der Waals surface area contributed by atoms with Gasteiger partial charge in [-0.2, -0.15) is 5.10 Å². The maximum atomic E-state index is 6.47. The van der Waals surface area contributed by atoms with Crippen molar-refractivity contribution in [2.24, 2.45) is 16.9 Å². The zero-order chi connectivity index (χ0) is 17.2. The van der Waals surface area contributed by atoms with Gasteiger partial charge in [0.2, 0.25) is 0 Å². The van der Waals surface area contributed by atoms with E-state index in [1.54, 1.807) is 0 Å². The van der Waals surface area contributed by atoms with Crippen LogP contribution in [-0.4, -0.2) is 28.9 Å². The summed E-state index contributed by atoms with van der Waals surface area (Å²) in [4.78, 5) is 0. The van der Waals surface area contributed by atoms with E-state index in [1.165, 1.54) is 18.6 Å². The zero-order valence-corrected chi connectivity index (χ0v) is 18.3. The van der Waals surface area contributed by atoms with E-state index < -0.39 is 16.6 Å². The van der Waals surface area contributed by atoms with Gasteiger partial charge >= 0.3 is 0 Å². The molecule has 0 spiro atoms. The Kier molecular flexibility index (Phi) is 6.50. The molecule has 0 aromatic carbocycles. The molecule has 22 heavy (non-hydrogen) atoms. The molecule has 1 rings (SSSR count). The van der Waals surface area contributed by atoms with Gasteiger partial charge in [-0.1, -0.05) is 47.3 Å². The van der Waals surface area contributed by atoms with E-state index in [2.05, 4.69) is 65.5 Å². The minimum atomic E-state index is -1.66. The van der Waals surface area contributed by atoms with Gasteiger partial charge in [0.15, 0.2) is 16.6 Å². The maximum Gasteiger partial charge on any atom is 0.192 e. The average molecular weight is 343 g/mol. The third kappa shape index (κ3) is 6.16. The summed E-state index contributed by atoms with van der Waals surface area (Å²) in [6, 6.07) is 0. The third-order valence-corrected chi connectivity index (χ3v) is 10.3. The van der Waals surface area contributed by atoms with Gasteiger partial charge in [-0.3, -0.25) is 0 Å². The van der Waals surface area contributed by atoms with Crippen LogP contribution in [0.5, 0.6) is 0 Å². The Morgan fingerprint density at radius 3 is 2.23 bits per heavy atom. The fraction of sp³-hybridized carbons (Fsp3) is 0.941. The van der Waals surface area contributed by atoms with E-state index in [9.17, 15) is 0 Å². The molecule has 1 N–H and O–H groups in total. The largest absolute Gasteiger partial charge is 0.416 e. The lowest BCUT2D eigenvalue weighted by atomic mass is 9.82. The Bertz CT molecular complexity index is 394. The molecule has 0 bridgehead atoms. The van der Waals surface area contributed by atoms with E-state index in [0.717, 1.165) is 18.9 Å². The van der Waals surface area contributed by atoms with Crippen molar-refractivity contribution in [1.29, 1.82) is 0 Å². The number of nitrogens with zero attached hydrogens (tertiary/aromatic N) is 1. The van der Waals surface area contributed by atoms with Gasteiger partial charge in [0, 0.05) is 18.2 Å². The molecule has 1 saturated carbocycles. The number of hydrogen-bond acceptors (Lipinski definition) is 3. The molecule has 130 valence electrons. The minimum absolute atomic E-state index is 0.281. The van der Waals surface area contributed by atoms with E-state index >= 15 is 0 Å². The third-order valence-electron chi connectivity index (χ3n) is 5.02. The lowest BCUT2D eigenvalue weighted by molar-refractivity contribution is 0.237. The standard InChI is InChI=1S/C17H38N2OSi2/c1-14-10-11-15(13-20-22(8,9)17(2,3)4)16(12-14)18-19-21(5,6)7/h14-15,19H,10-13H2,1-9H3/t14-,15+/m1/s1. The highest BCUT2D eigenvalue weighted by atomic mass is 28.4. The van der Waals surface area contributed by atoms with Crippen molar-refractivity contribution in [2.75, 3.05) is 6.61 Å². The first-order chi connectivity index (χ1) is 9.82. The van der Waals surface area contributed by atoms with Crippen molar-refractivity contribution < 1.29 is 4.43 Å². The fourth-order valence-electron chi connectivity index (χ4n) is 2.36. The molecule has 0 amide bonds. The molecule has 0 aromatic rings. The van der Waals surface area contributed by atoms with Gasteiger partial charge in [0.25, 0.3) is 0 Å². The van der Waals surface area contributed by atoms with E-state index in [0.29, 0.717) is 5.92 Å². The van der Waals surface area contributed by atoms with E-state index in [-0.39, 0.29) is 5.04 Å². The molecule has 1 fully saturated rings. The van der Waals surface area contributed by atoms with Crippen LogP contribution in [-0.2, 0) is 4.43 Å². The normalized spacial score (nSPS) is 26.3. The molecule has 1 aliphatic rings. The van der Waals surface area contributed by atoms with Crippen molar-refractivity contribution in [2.45, 2.75) is 84.7 Å². The molecule has 0 aliphatic heterocycles. The summed E-state index contributed by atoms with van der Waals surface area (Å²) in [6.07, 6.45) is 3.66. The maximum absolute atomic E-state index is 6.47. The first-order valence-corrected chi connectivity index (χ1v) is 15.2. The van der Waals surface area contributed by atoms with Gasteiger partial charge in [-0.05, 0) is 43.3 Å². The Morgan fingerprint density at radius 2 is 1.73 bits per heavy atom. The molecule has 0 heterocycles. The second-order valence-electron chi connectivity index (χ2n) is 9.62. The summed E-state index contributed by atoms with van der Waals surface area (Å²) in [6.45, 7) is 21.7. The van der Waals surface area contributed by atoms with Gasteiger partial charge in [0.05, 0.1) is 0 Å². The summed E-state index contributed by atoms with van der Waals surface area (Å²) in [7, 11) is -3.01. The molecule has 2 atom stereocenters. The summed E-state index contributed by atoms with van der Waals surface area (Å²) < 4.78 is 6.47. The topological polar surface area (TPSA) is 33.6 Å². The smallest absolute Gasteiger partial charge is 0.192 e. The van der Waals surface area contributed by atoms with Crippen LogP contribution >= 0.6 is 0 Å². The van der Waals surface area contributed by atoms with Crippen LogP contribution in [0.1, 0.15) is 47.0 Å². The van der Waals surface area contributed by atoms with Crippen molar-refractivity contribution in [3.63, 3.8) is 0 Å². The molecule has 0 saturated heterocycles. The number of nitrogens with one attached hydrogen (secondary N) is 1. The number of hydrogen-bond donors (Lipinski definition) is 1. The monoisotopic (exact) mass is 342 g/mol. The first kappa shape index (κ1) is 19.9. The van der Waals surface area contributed by atoms with Crippen LogP contribution in [0.4, 0.5) is 0 Å². The fourth-order valence-corrected chi connectivity index (χ4v) is 3.89. The predicted molar refractivity (Wildman–Crippen MR) is 104 cm³/mol. The highest BCUT2D eigenvalue weighted by Gasteiger charge is 2.38. The quantitative estimate of drug-likeness (QED) is 0.548. The Labute approximate surface area is 140 Å². The number of rotatable bonds is 5. The van der Waals surface area contributed by atoms with Crippen LogP contribution < -0.4 is 5.09 Å². The summed E-state index contributed by atoms with van der Waals surface area (Å²) in [5, 5.41) is 8.55. The zero-order valence-electron chi connectivity index (χ0n) is 16.3. The number of hydrazone groups is 1. The van der Waals surface area contributed by atoms with Crippen LogP contribution in [0.15, 0.2) is 5.10 Å². The van der Waals surface area contributed by atoms with Gasteiger partial charge < -0.3 is 9.52 Å². The lowest BCUT2D eigenvalue weighted by Gasteiger charge is -2.38. The molecular formula is C17H38N2OSi2. The Morgan fingerprint density at radius 1 is 1.14 bits per heavy atom. The van der Waals surface area contributed by atoms with Crippen LogP contribution in [0.25, 0.3) is 0 Å². The molecule has 5 heteroatoms. The van der Waals surface area contributed by atoms with Crippen molar-refractivity contribution in [3.05, 3.63) is 0 Å². The SMILES string of the molecule is C[C@@H]1CC[C@@H](CO[Si](C)(C)C(C)(C)C)C(=NN[Si](C)(C)C)C1. The predicted octanol–water partition coefficient (Wildman–Crippen LogP) is 5.22. The molecule has 0 unspecified atom stereocenters. The van der Waals surface area contributed by atoms with Crippen LogP contribution in [0.3, 0.4) is 0 Å². The molecule has 3 nitrogen and oxygen atoms in total. The van der Waals surface area contributed by atoms with Gasteiger partial charge in [0.1, 0.15) is 0 Å². The van der Waals surface area contributed by atoms with Crippen LogP contribution in [0, 0.1) is 11.8 Å². The minimum Gasteiger partial charge on any atom is -0.416 e. The van der Waals surface area contributed by atoms with E-state index in [1.807, 2.05) is 0 Å². The van der Waals surface area contributed by atoms with Gasteiger partial charge in [-0.25, -0.2) is 0 Å². The molecule has 0 radical (unpaired) electrons. The summed E-state index contributed by atoms with van der Waals surface area (Å²) in [5.41, 5.74) is 1.35. The lowest BCUT2D eigenvalue weighted by Crippen LogP contribution is -2.44.